The van der Waals surface area contributed by atoms with Gasteiger partial charge in [0.05, 0.1) is 17.7 Å². The Hall–Kier alpha value is -1.85. The second kappa shape index (κ2) is 6.94. The predicted octanol–water partition coefficient (Wildman–Crippen LogP) is 4.67. The van der Waals surface area contributed by atoms with E-state index < -0.39 is 0 Å². The average molecular weight is 376 g/mol. The van der Waals surface area contributed by atoms with Gasteiger partial charge in [0.1, 0.15) is 5.76 Å². The van der Waals surface area contributed by atoms with Crippen LogP contribution in [0, 0.1) is 0 Å². The van der Waals surface area contributed by atoms with Crippen LogP contribution in [0.1, 0.15) is 27.6 Å². The second-order valence-electron chi connectivity index (χ2n) is 4.81. The smallest absolute Gasteiger partial charge is 0.252 e. The van der Waals surface area contributed by atoms with Gasteiger partial charge < -0.3 is 9.73 Å². The van der Waals surface area contributed by atoms with E-state index in [2.05, 4.69) is 32.7 Å². The lowest BCUT2D eigenvalue weighted by Crippen LogP contribution is -2.28. The molecule has 0 saturated heterocycles. The number of benzene rings is 1. The zero-order valence-corrected chi connectivity index (χ0v) is 14.1. The maximum Gasteiger partial charge on any atom is 0.252 e. The topological polar surface area (TPSA) is 42.2 Å². The number of hydrogen-bond acceptors (Lipinski definition) is 3. The molecule has 0 bridgehead atoms. The van der Waals surface area contributed by atoms with Gasteiger partial charge in [-0.2, -0.15) is 11.3 Å². The van der Waals surface area contributed by atoms with E-state index in [0.29, 0.717) is 12.1 Å². The molecule has 3 nitrogen and oxygen atoms in total. The van der Waals surface area contributed by atoms with Gasteiger partial charge in [-0.15, -0.1) is 0 Å². The molecule has 22 heavy (non-hydrogen) atoms. The minimum atomic E-state index is -0.0979. The van der Waals surface area contributed by atoms with Crippen molar-refractivity contribution in [3.63, 3.8) is 0 Å². The number of thiophene rings is 1. The molecule has 1 N–H and O–H groups in total. The minimum absolute atomic E-state index is 0.0210. The molecule has 0 spiro atoms. The molecule has 3 rings (SSSR count). The van der Waals surface area contributed by atoms with Gasteiger partial charge in [0.15, 0.2) is 0 Å². The van der Waals surface area contributed by atoms with E-state index in [-0.39, 0.29) is 11.8 Å². The Labute approximate surface area is 141 Å². The maximum atomic E-state index is 12.3. The van der Waals surface area contributed by atoms with Crippen molar-refractivity contribution >= 4 is 33.2 Å². The summed E-state index contributed by atoms with van der Waals surface area (Å²) < 4.78 is 6.31. The van der Waals surface area contributed by atoms with Gasteiger partial charge in [-0.3, -0.25) is 4.79 Å². The Balaban J connectivity index is 1.75. The van der Waals surface area contributed by atoms with Gasteiger partial charge >= 0.3 is 0 Å². The highest BCUT2D eigenvalue weighted by atomic mass is 79.9. The lowest BCUT2D eigenvalue weighted by Gasteiger charge is -2.15. The number of carbonyl (C=O) groups excluding carboxylic acids is 1. The number of furan rings is 1. The molecular formula is C17H14BrNO2S. The first-order valence-electron chi connectivity index (χ1n) is 6.84. The normalized spacial score (nSPS) is 12.0. The van der Waals surface area contributed by atoms with E-state index in [1.165, 1.54) is 0 Å². The molecule has 1 atom stereocenters. The van der Waals surface area contributed by atoms with Crippen LogP contribution < -0.4 is 5.32 Å². The Kier molecular flexibility index (Phi) is 4.75. The molecule has 0 saturated carbocycles. The van der Waals surface area contributed by atoms with E-state index in [0.717, 1.165) is 15.8 Å². The average Bonchev–Trinajstić information content (AvgIpc) is 3.21. The molecule has 5 heteroatoms. The largest absolute Gasteiger partial charge is 0.469 e. The number of nitrogens with one attached hydrogen (secondary N) is 1. The monoisotopic (exact) mass is 375 g/mol. The fourth-order valence-corrected chi connectivity index (χ4v) is 3.46. The highest BCUT2D eigenvalue weighted by Gasteiger charge is 2.19. The molecule has 1 aromatic carbocycles. The molecule has 0 fully saturated rings. The molecule has 0 aliphatic rings. The summed E-state index contributed by atoms with van der Waals surface area (Å²) >= 11 is 5.04. The van der Waals surface area contributed by atoms with Gasteiger partial charge in [-0.25, -0.2) is 0 Å². The van der Waals surface area contributed by atoms with Gasteiger partial charge in [-0.05, 0) is 62.6 Å². The molecule has 112 valence electrons. The summed E-state index contributed by atoms with van der Waals surface area (Å²) in [7, 11) is 0. The zero-order valence-electron chi connectivity index (χ0n) is 11.7. The maximum absolute atomic E-state index is 12.3. The summed E-state index contributed by atoms with van der Waals surface area (Å²) in [6.07, 6.45) is 1.66. The Morgan fingerprint density at radius 2 is 2.09 bits per heavy atom. The summed E-state index contributed by atoms with van der Waals surface area (Å²) in [5.41, 5.74) is 1.78. The first kappa shape index (κ1) is 15.1. The Bertz CT molecular complexity index is 704. The molecule has 2 heterocycles. The molecule has 1 unspecified atom stereocenters. The zero-order chi connectivity index (χ0) is 15.4. The molecule has 0 radical (unpaired) electrons. The lowest BCUT2D eigenvalue weighted by atomic mass is 9.99. The molecule has 1 amide bonds. The second-order valence-corrected chi connectivity index (χ2v) is 6.45. The molecule has 0 aliphatic heterocycles. The fourth-order valence-electron chi connectivity index (χ4n) is 2.28. The summed E-state index contributed by atoms with van der Waals surface area (Å²) in [5, 5.41) is 7.10. The summed E-state index contributed by atoms with van der Waals surface area (Å²) in [6, 6.07) is 13.3. The third kappa shape index (κ3) is 3.31. The predicted molar refractivity (Wildman–Crippen MR) is 91.3 cm³/mol. The SMILES string of the molecule is O=C(NCC(c1ccsc1)c1ccco1)c1ccccc1Br. The Morgan fingerprint density at radius 3 is 2.77 bits per heavy atom. The quantitative estimate of drug-likeness (QED) is 0.704. The van der Waals surface area contributed by atoms with Crippen LogP contribution >= 0.6 is 27.3 Å². The third-order valence-corrected chi connectivity index (χ3v) is 4.81. The number of carbonyl (C=O) groups is 1. The molecule has 0 aliphatic carbocycles. The van der Waals surface area contributed by atoms with Crippen LogP contribution in [0.2, 0.25) is 0 Å². The van der Waals surface area contributed by atoms with Crippen LogP contribution in [-0.4, -0.2) is 12.5 Å². The van der Waals surface area contributed by atoms with E-state index in [1.54, 1.807) is 23.7 Å². The van der Waals surface area contributed by atoms with Crippen LogP contribution in [0.3, 0.4) is 0 Å². The van der Waals surface area contributed by atoms with E-state index in [4.69, 9.17) is 4.42 Å². The van der Waals surface area contributed by atoms with Crippen LogP contribution in [0.25, 0.3) is 0 Å². The van der Waals surface area contributed by atoms with Crippen LogP contribution in [-0.2, 0) is 0 Å². The summed E-state index contributed by atoms with van der Waals surface area (Å²) in [6.45, 7) is 0.490. The first-order chi connectivity index (χ1) is 10.8. The lowest BCUT2D eigenvalue weighted by molar-refractivity contribution is 0.0951. The summed E-state index contributed by atoms with van der Waals surface area (Å²) in [5.74, 6) is 0.776. The first-order valence-corrected chi connectivity index (χ1v) is 8.57. The van der Waals surface area contributed by atoms with E-state index >= 15 is 0 Å². The fraction of sp³-hybridized carbons (Fsp3) is 0.118. The molecular weight excluding hydrogens is 362 g/mol. The third-order valence-electron chi connectivity index (χ3n) is 3.42. The highest BCUT2D eigenvalue weighted by molar-refractivity contribution is 9.10. The Morgan fingerprint density at radius 1 is 1.23 bits per heavy atom. The van der Waals surface area contributed by atoms with Gasteiger partial charge in [0.2, 0.25) is 0 Å². The van der Waals surface area contributed by atoms with Crippen molar-refractivity contribution < 1.29 is 9.21 Å². The van der Waals surface area contributed by atoms with Crippen molar-refractivity contribution in [3.05, 3.63) is 80.8 Å². The van der Waals surface area contributed by atoms with Crippen molar-refractivity contribution in [2.24, 2.45) is 0 Å². The number of amides is 1. The van der Waals surface area contributed by atoms with E-state index in [1.807, 2.05) is 35.7 Å². The van der Waals surface area contributed by atoms with Crippen LogP contribution in [0.4, 0.5) is 0 Å². The van der Waals surface area contributed by atoms with Gasteiger partial charge in [0, 0.05) is 11.0 Å². The standard InChI is InChI=1S/C17H14BrNO2S/c18-15-5-2-1-4-13(15)17(20)19-10-14(12-7-9-22-11-12)16-6-3-8-21-16/h1-9,11,14H,10H2,(H,19,20). The number of hydrogen-bond donors (Lipinski definition) is 1. The summed E-state index contributed by atoms with van der Waals surface area (Å²) in [4.78, 5) is 12.3. The van der Waals surface area contributed by atoms with Gasteiger partial charge in [0.25, 0.3) is 5.91 Å². The van der Waals surface area contributed by atoms with Crippen LogP contribution in [0.5, 0.6) is 0 Å². The van der Waals surface area contributed by atoms with E-state index in [9.17, 15) is 4.79 Å². The highest BCUT2D eigenvalue weighted by Crippen LogP contribution is 2.26. The van der Waals surface area contributed by atoms with Crippen molar-refractivity contribution in [1.82, 2.24) is 5.32 Å². The number of rotatable bonds is 5. The van der Waals surface area contributed by atoms with Crippen molar-refractivity contribution in [2.45, 2.75) is 5.92 Å². The number of halogens is 1. The van der Waals surface area contributed by atoms with Crippen molar-refractivity contribution in [1.29, 1.82) is 0 Å². The molecule has 2 aromatic heterocycles. The molecule has 3 aromatic rings. The van der Waals surface area contributed by atoms with Crippen molar-refractivity contribution in [3.8, 4) is 0 Å². The minimum Gasteiger partial charge on any atom is -0.469 e. The van der Waals surface area contributed by atoms with Gasteiger partial charge in [-0.1, -0.05) is 12.1 Å². The van der Waals surface area contributed by atoms with Crippen molar-refractivity contribution in [2.75, 3.05) is 6.54 Å². The van der Waals surface area contributed by atoms with Crippen LogP contribution in [0.15, 0.2) is 68.4 Å².